The maximum atomic E-state index is 12.3. The Bertz CT molecular complexity index is 596. The van der Waals surface area contributed by atoms with E-state index < -0.39 is 0 Å². The number of para-hydroxylation sites is 1. The number of Topliss-reactive ketones (excluding diaryl/α,β-unsaturated/α-hetero) is 1. The smallest absolute Gasteiger partial charge is 0.211 e. The summed E-state index contributed by atoms with van der Waals surface area (Å²) < 4.78 is 11.3. The van der Waals surface area contributed by atoms with Crippen LogP contribution >= 0.6 is 0 Å². The number of carbonyl (C=O) groups is 1. The van der Waals surface area contributed by atoms with E-state index >= 15 is 0 Å². The molecule has 0 amide bonds. The summed E-state index contributed by atoms with van der Waals surface area (Å²) in [6.07, 6.45) is 0. The second-order valence-corrected chi connectivity index (χ2v) is 5.89. The summed E-state index contributed by atoms with van der Waals surface area (Å²) in [7, 11) is 0. The van der Waals surface area contributed by atoms with Crippen molar-refractivity contribution in [2.24, 2.45) is 0 Å². The average molecular weight is 273 g/mol. The quantitative estimate of drug-likeness (QED) is 0.806. The average Bonchev–Trinajstić information content (AvgIpc) is 2.81. The molecular weight excluding hydrogens is 254 g/mol. The van der Waals surface area contributed by atoms with Gasteiger partial charge in [0.1, 0.15) is 5.58 Å². The highest BCUT2D eigenvalue weighted by atomic mass is 16.5. The van der Waals surface area contributed by atoms with E-state index in [0.29, 0.717) is 18.9 Å². The Morgan fingerprint density at radius 3 is 2.90 bits per heavy atom. The van der Waals surface area contributed by atoms with Crippen molar-refractivity contribution in [1.29, 1.82) is 0 Å². The fraction of sp³-hybridized carbons (Fsp3) is 0.438. The second kappa shape index (κ2) is 5.04. The van der Waals surface area contributed by atoms with Crippen LogP contribution in [0.4, 0.5) is 0 Å². The number of fused-ring (bicyclic) bond motifs is 1. The summed E-state index contributed by atoms with van der Waals surface area (Å²) in [6.45, 7) is 6.69. The first kappa shape index (κ1) is 13.3. The molecule has 1 aromatic heterocycles. The topological polar surface area (TPSA) is 42.7 Å². The van der Waals surface area contributed by atoms with Crippen molar-refractivity contribution in [2.45, 2.75) is 19.4 Å². The van der Waals surface area contributed by atoms with E-state index in [0.717, 1.165) is 24.1 Å². The largest absolute Gasteiger partial charge is 0.453 e. The first-order valence-corrected chi connectivity index (χ1v) is 6.92. The molecule has 0 unspecified atom stereocenters. The molecule has 1 fully saturated rings. The van der Waals surface area contributed by atoms with Gasteiger partial charge in [0.2, 0.25) is 5.78 Å². The van der Waals surface area contributed by atoms with Gasteiger partial charge in [-0.05, 0) is 26.0 Å². The first-order chi connectivity index (χ1) is 9.53. The number of furan rings is 1. The van der Waals surface area contributed by atoms with Crippen LogP contribution < -0.4 is 0 Å². The molecule has 0 atom stereocenters. The van der Waals surface area contributed by atoms with E-state index in [4.69, 9.17) is 9.15 Å². The lowest BCUT2D eigenvalue weighted by Gasteiger charge is -2.37. The predicted molar refractivity (Wildman–Crippen MR) is 77.0 cm³/mol. The molecule has 2 heterocycles. The molecule has 4 heteroatoms. The zero-order chi connectivity index (χ0) is 14.2. The van der Waals surface area contributed by atoms with Crippen molar-refractivity contribution >= 4 is 16.8 Å². The summed E-state index contributed by atoms with van der Waals surface area (Å²) in [4.78, 5) is 14.4. The number of morpholine rings is 1. The van der Waals surface area contributed by atoms with E-state index in [1.807, 2.05) is 44.2 Å². The molecule has 106 valence electrons. The van der Waals surface area contributed by atoms with E-state index in [-0.39, 0.29) is 11.4 Å². The fourth-order valence-corrected chi connectivity index (χ4v) is 2.65. The number of ketones is 1. The number of benzene rings is 1. The second-order valence-electron chi connectivity index (χ2n) is 5.89. The van der Waals surface area contributed by atoms with Crippen molar-refractivity contribution in [3.05, 3.63) is 36.1 Å². The summed E-state index contributed by atoms with van der Waals surface area (Å²) in [5.74, 6) is 0.467. The minimum Gasteiger partial charge on any atom is -0.453 e. The molecule has 0 saturated carbocycles. The third-order valence-corrected chi connectivity index (χ3v) is 3.57. The van der Waals surface area contributed by atoms with Crippen molar-refractivity contribution in [3.63, 3.8) is 0 Å². The van der Waals surface area contributed by atoms with Gasteiger partial charge in [-0.15, -0.1) is 0 Å². The Morgan fingerprint density at radius 1 is 1.35 bits per heavy atom. The molecule has 4 nitrogen and oxygen atoms in total. The van der Waals surface area contributed by atoms with Crippen LogP contribution in [0.15, 0.2) is 34.7 Å². The van der Waals surface area contributed by atoms with Gasteiger partial charge in [-0.3, -0.25) is 9.69 Å². The molecule has 2 aromatic rings. The summed E-state index contributed by atoms with van der Waals surface area (Å²) in [6, 6.07) is 9.50. The zero-order valence-electron chi connectivity index (χ0n) is 11.9. The molecule has 1 saturated heterocycles. The molecule has 0 bridgehead atoms. The van der Waals surface area contributed by atoms with Gasteiger partial charge in [-0.1, -0.05) is 18.2 Å². The Balaban J connectivity index is 1.72. The van der Waals surface area contributed by atoms with Gasteiger partial charge >= 0.3 is 0 Å². The third-order valence-electron chi connectivity index (χ3n) is 3.57. The van der Waals surface area contributed by atoms with E-state index in [2.05, 4.69) is 4.90 Å². The number of hydrogen-bond donors (Lipinski definition) is 0. The molecule has 0 spiro atoms. The number of nitrogens with zero attached hydrogens (tertiary/aromatic N) is 1. The Hall–Kier alpha value is -1.65. The van der Waals surface area contributed by atoms with Gasteiger partial charge in [0.15, 0.2) is 5.76 Å². The number of hydrogen-bond acceptors (Lipinski definition) is 4. The van der Waals surface area contributed by atoms with Crippen molar-refractivity contribution < 1.29 is 13.9 Å². The summed E-state index contributed by atoms with van der Waals surface area (Å²) in [5, 5.41) is 0.971. The minimum atomic E-state index is -0.188. The first-order valence-electron chi connectivity index (χ1n) is 6.92. The van der Waals surface area contributed by atoms with Gasteiger partial charge in [-0.2, -0.15) is 0 Å². The molecule has 0 N–H and O–H groups in total. The zero-order valence-corrected chi connectivity index (χ0v) is 11.9. The molecule has 1 aromatic carbocycles. The molecular formula is C16H19NO3. The fourth-order valence-electron chi connectivity index (χ4n) is 2.65. The normalized spacial score (nSPS) is 19.3. The molecule has 1 aliphatic heterocycles. The Labute approximate surface area is 118 Å². The number of rotatable bonds is 3. The lowest BCUT2D eigenvalue weighted by molar-refractivity contribution is -0.0834. The van der Waals surface area contributed by atoms with Crippen LogP contribution in [-0.4, -0.2) is 42.5 Å². The molecule has 20 heavy (non-hydrogen) atoms. The monoisotopic (exact) mass is 273 g/mol. The van der Waals surface area contributed by atoms with Crippen molar-refractivity contribution in [1.82, 2.24) is 4.90 Å². The Kier molecular flexibility index (Phi) is 3.36. The lowest BCUT2D eigenvalue weighted by atomic mass is 10.1. The number of carbonyl (C=O) groups excluding carboxylic acids is 1. The maximum absolute atomic E-state index is 12.3. The molecule has 0 radical (unpaired) electrons. The van der Waals surface area contributed by atoms with Gasteiger partial charge in [0.05, 0.1) is 18.8 Å². The molecule has 0 aliphatic carbocycles. The van der Waals surface area contributed by atoms with Crippen molar-refractivity contribution in [2.75, 3.05) is 26.2 Å². The molecule has 3 rings (SSSR count). The molecule has 1 aliphatic rings. The van der Waals surface area contributed by atoms with Crippen LogP contribution in [0.2, 0.25) is 0 Å². The van der Waals surface area contributed by atoms with Crippen LogP contribution in [0.25, 0.3) is 11.0 Å². The summed E-state index contributed by atoms with van der Waals surface area (Å²) >= 11 is 0. The summed E-state index contributed by atoms with van der Waals surface area (Å²) in [5.41, 5.74) is 0.574. The van der Waals surface area contributed by atoms with Gasteiger partial charge in [-0.25, -0.2) is 0 Å². The lowest BCUT2D eigenvalue weighted by Crippen LogP contribution is -2.49. The maximum Gasteiger partial charge on any atom is 0.211 e. The van der Waals surface area contributed by atoms with Crippen molar-refractivity contribution in [3.8, 4) is 0 Å². The third kappa shape index (κ3) is 2.76. The number of ether oxygens (including phenoxy) is 1. The highest BCUT2D eigenvalue weighted by Gasteiger charge is 2.28. The van der Waals surface area contributed by atoms with Gasteiger partial charge in [0.25, 0.3) is 0 Å². The van der Waals surface area contributed by atoms with E-state index in [1.54, 1.807) is 0 Å². The van der Waals surface area contributed by atoms with Crippen LogP contribution in [0.3, 0.4) is 0 Å². The SMILES string of the molecule is CC1(C)CN(CC(=O)c2cc3ccccc3o2)CCO1. The van der Waals surface area contributed by atoms with Crippen LogP contribution in [0.1, 0.15) is 24.4 Å². The van der Waals surface area contributed by atoms with Gasteiger partial charge < -0.3 is 9.15 Å². The Morgan fingerprint density at radius 2 is 2.15 bits per heavy atom. The van der Waals surface area contributed by atoms with Crippen LogP contribution in [0.5, 0.6) is 0 Å². The minimum absolute atomic E-state index is 0.0268. The van der Waals surface area contributed by atoms with E-state index in [9.17, 15) is 4.79 Å². The standard InChI is InChI=1S/C16H19NO3/c1-16(2)11-17(7-8-19-16)10-13(18)15-9-12-5-3-4-6-14(12)20-15/h3-6,9H,7-8,10-11H2,1-2H3. The van der Waals surface area contributed by atoms with Gasteiger partial charge in [0, 0.05) is 18.5 Å². The van der Waals surface area contributed by atoms with Crippen LogP contribution in [-0.2, 0) is 4.74 Å². The van der Waals surface area contributed by atoms with E-state index in [1.165, 1.54) is 0 Å². The van der Waals surface area contributed by atoms with Crippen LogP contribution in [0, 0.1) is 0 Å². The highest BCUT2D eigenvalue weighted by molar-refractivity contribution is 5.98. The predicted octanol–water partition coefficient (Wildman–Crippen LogP) is 2.73. The highest BCUT2D eigenvalue weighted by Crippen LogP contribution is 2.21.